The van der Waals surface area contributed by atoms with Crippen LogP contribution in [0.3, 0.4) is 0 Å². The number of hydrogen-bond donors (Lipinski definition) is 0. The molecule has 0 unspecified atom stereocenters. The molecule has 0 fully saturated rings. The number of hydrogen-bond acceptors (Lipinski definition) is 5. The number of amides is 1. The Balaban J connectivity index is 1.41. The van der Waals surface area contributed by atoms with Gasteiger partial charge in [-0.05, 0) is 62.4 Å². The maximum atomic E-state index is 13.3. The maximum absolute atomic E-state index is 13.3. The van der Waals surface area contributed by atoms with E-state index in [1.165, 1.54) is 35.9 Å². The van der Waals surface area contributed by atoms with E-state index in [2.05, 4.69) is 24.0 Å². The van der Waals surface area contributed by atoms with E-state index in [4.69, 9.17) is 4.98 Å². The highest BCUT2D eigenvalue weighted by Crippen LogP contribution is 2.48. The number of rotatable bonds is 3. The monoisotopic (exact) mass is 419 g/mol. The molecule has 1 amide bonds. The lowest BCUT2D eigenvalue weighted by atomic mass is 9.95. The van der Waals surface area contributed by atoms with Crippen LogP contribution in [0.15, 0.2) is 63.5 Å². The lowest BCUT2D eigenvalue weighted by molar-refractivity contribution is -0.115. The number of fused-ring (bicyclic) bond motifs is 3. The summed E-state index contributed by atoms with van der Waals surface area (Å²) in [5.74, 6) is 0.361. The number of aromatic nitrogens is 2. The Morgan fingerprint density at radius 2 is 1.66 bits per heavy atom. The number of nitrogens with zero attached hydrogens (tertiary/aromatic N) is 3. The standard InChI is InChI=1S/C23H21N3OS2/c1-15-16-8-2-3-9-17(16)25-23(24-15)28-14-22(27)26-18-10-4-6-12-20(18)29-21-13-7-5-11-19(21)26/h4-7,10-13H,2-3,8-9,14H2,1H3. The van der Waals surface area contributed by atoms with Gasteiger partial charge in [-0.2, -0.15) is 0 Å². The number of aryl methyl sites for hydroxylation is 2. The summed E-state index contributed by atoms with van der Waals surface area (Å²) in [6.07, 6.45) is 4.49. The molecule has 2 aliphatic rings. The van der Waals surface area contributed by atoms with E-state index in [1.807, 2.05) is 41.3 Å². The van der Waals surface area contributed by atoms with Gasteiger partial charge in [0.2, 0.25) is 5.91 Å². The van der Waals surface area contributed by atoms with Crippen molar-refractivity contribution in [3.8, 4) is 0 Å². The Morgan fingerprint density at radius 1 is 1.00 bits per heavy atom. The van der Waals surface area contributed by atoms with E-state index >= 15 is 0 Å². The second-order valence-electron chi connectivity index (χ2n) is 7.28. The predicted molar refractivity (Wildman–Crippen MR) is 118 cm³/mol. The number of thioether (sulfide) groups is 1. The van der Waals surface area contributed by atoms with Gasteiger partial charge in [0, 0.05) is 21.2 Å². The van der Waals surface area contributed by atoms with Crippen LogP contribution in [0.25, 0.3) is 0 Å². The van der Waals surface area contributed by atoms with Gasteiger partial charge in [0.25, 0.3) is 0 Å². The molecular weight excluding hydrogens is 398 g/mol. The van der Waals surface area contributed by atoms with Gasteiger partial charge < -0.3 is 0 Å². The predicted octanol–water partition coefficient (Wildman–Crippen LogP) is 5.59. The SMILES string of the molecule is Cc1nc(SCC(=O)N2c3ccccc3Sc3ccccc32)nc2c1CCCC2. The molecular formula is C23H21N3OS2. The van der Waals surface area contributed by atoms with Gasteiger partial charge in [0.05, 0.1) is 17.1 Å². The fourth-order valence-electron chi connectivity index (χ4n) is 3.98. The first-order valence-corrected chi connectivity index (χ1v) is 11.7. The number of anilines is 2. The fraction of sp³-hybridized carbons (Fsp3) is 0.261. The highest BCUT2D eigenvalue weighted by Gasteiger charge is 2.28. The summed E-state index contributed by atoms with van der Waals surface area (Å²) in [7, 11) is 0. The molecule has 2 aromatic carbocycles. The largest absolute Gasteiger partial charge is 0.278 e. The van der Waals surface area contributed by atoms with Crippen LogP contribution in [-0.2, 0) is 17.6 Å². The van der Waals surface area contributed by atoms with E-state index < -0.39 is 0 Å². The van der Waals surface area contributed by atoms with Crippen LogP contribution in [0.4, 0.5) is 11.4 Å². The van der Waals surface area contributed by atoms with Crippen molar-refractivity contribution in [1.29, 1.82) is 0 Å². The summed E-state index contributed by atoms with van der Waals surface area (Å²) < 4.78 is 0. The Bertz CT molecular complexity index is 1050. The average molecular weight is 420 g/mol. The zero-order valence-electron chi connectivity index (χ0n) is 16.2. The van der Waals surface area contributed by atoms with E-state index in [1.54, 1.807) is 11.8 Å². The first kappa shape index (κ1) is 18.7. The minimum absolute atomic E-state index is 0.0502. The fourth-order valence-corrected chi connectivity index (χ4v) is 5.80. The molecule has 6 heteroatoms. The van der Waals surface area contributed by atoms with Gasteiger partial charge in [-0.15, -0.1) is 0 Å². The first-order chi connectivity index (χ1) is 14.2. The normalized spacial score (nSPS) is 14.7. The lowest BCUT2D eigenvalue weighted by Crippen LogP contribution is -2.30. The Labute approximate surface area is 179 Å². The molecule has 0 atom stereocenters. The van der Waals surface area contributed by atoms with Crippen LogP contribution in [0.5, 0.6) is 0 Å². The van der Waals surface area contributed by atoms with E-state index in [0.29, 0.717) is 10.9 Å². The van der Waals surface area contributed by atoms with Crippen molar-refractivity contribution in [3.63, 3.8) is 0 Å². The van der Waals surface area contributed by atoms with E-state index in [9.17, 15) is 4.79 Å². The summed E-state index contributed by atoms with van der Waals surface area (Å²) in [5.41, 5.74) is 5.44. The van der Waals surface area contributed by atoms with Gasteiger partial charge in [-0.25, -0.2) is 9.97 Å². The third-order valence-corrected chi connectivity index (χ3v) is 7.34. The van der Waals surface area contributed by atoms with Crippen molar-refractivity contribution in [1.82, 2.24) is 9.97 Å². The van der Waals surface area contributed by atoms with Gasteiger partial charge in [0.15, 0.2) is 5.16 Å². The molecule has 0 N–H and O–H groups in total. The molecule has 146 valence electrons. The number of carbonyl (C=O) groups excluding carboxylic acids is 1. The zero-order chi connectivity index (χ0) is 19.8. The van der Waals surface area contributed by atoms with Crippen LogP contribution in [-0.4, -0.2) is 21.6 Å². The summed E-state index contributed by atoms with van der Waals surface area (Å²) in [6.45, 7) is 2.06. The third-order valence-electron chi connectivity index (χ3n) is 5.38. The molecule has 1 aromatic heterocycles. The van der Waals surface area contributed by atoms with Gasteiger partial charge in [0.1, 0.15) is 0 Å². The van der Waals surface area contributed by atoms with Crippen molar-refractivity contribution >= 4 is 40.8 Å². The third kappa shape index (κ3) is 3.55. The molecule has 5 rings (SSSR count). The molecule has 1 aliphatic carbocycles. The van der Waals surface area contributed by atoms with Crippen molar-refractivity contribution in [2.45, 2.75) is 47.6 Å². The van der Waals surface area contributed by atoms with Crippen LogP contribution >= 0.6 is 23.5 Å². The minimum atomic E-state index is 0.0502. The Morgan fingerprint density at radius 3 is 2.38 bits per heavy atom. The Kier molecular flexibility index (Phi) is 5.06. The van der Waals surface area contributed by atoms with Crippen LogP contribution < -0.4 is 4.90 Å². The van der Waals surface area contributed by atoms with Gasteiger partial charge >= 0.3 is 0 Å². The second kappa shape index (κ2) is 7.84. The first-order valence-electron chi connectivity index (χ1n) is 9.89. The van der Waals surface area contributed by atoms with Crippen molar-refractivity contribution in [2.75, 3.05) is 10.7 Å². The summed E-state index contributed by atoms with van der Waals surface area (Å²) >= 11 is 3.15. The molecule has 0 bridgehead atoms. The summed E-state index contributed by atoms with van der Waals surface area (Å²) in [4.78, 5) is 26.8. The zero-order valence-corrected chi connectivity index (χ0v) is 17.9. The minimum Gasteiger partial charge on any atom is -0.278 e. The molecule has 4 nitrogen and oxygen atoms in total. The highest BCUT2D eigenvalue weighted by molar-refractivity contribution is 8.00. The molecule has 1 aliphatic heterocycles. The number of carbonyl (C=O) groups is 1. The van der Waals surface area contributed by atoms with E-state index in [-0.39, 0.29) is 5.91 Å². The molecule has 0 saturated carbocycles. The highest BCUT2D eigenvalue weighted by atomic mass is 32.2. The quantitative estimate of drug-likeness (QED) is 0.409. The Hall–Kier alpha value is -2.31. The smallest absolute Gasteiger partial charge is 0.242 e. The maximum Gasteiger partial charge on any atom is 0.242 e. The molecule has 29 heavy (non-hydrogen) atoms. The molecule has 0 radical (unpaired) electrons. The van der Waals surface area contributed by atoms with Gasteiger partial charge in [-0.3, -0.25) is 9.69 Å². The molecule has 0 saturated heterocycles. The summed E-state index contributed by atoms with van der Waals surface area (Å²) in [6, 6.07) is 16.2. The molecule has 0 spiro atoms. The average Bonchev–Trinajstić information content (AvgIpc) is 2.76. The second-order valence-corrected chi connectivity index (χ2v) is 9.31. The van der Waals surface area contributed by atoms with Gasteiger partial charge in [-0.1, -0.05) is 47.8 Å². The molecule has 3 aromatic rings. The van der Waals surface area contributed by atoms with Crippen LogP contribution in [0.1, 0.15) is 29.8 Å². The summed E-state index contributed by atoms with van der Waals surface area (Å²) in [5, 5.41) is 0.712. The van der Waals surface area contributed by atoms with Crippen molar-refractivity contribution < 1.29 is 4.79 Å². The number of para-hydroxylation sites is 2. The van der Waals surface area contributed by atoms with Crippen molar-refractivity contribution in [3.05, 3.63) is 65.5 Å². The van der Waals surface area contributed by atoms with E-state index in [0.717, 1.165) is 39.7 Å². The van der Waals surface area contributed by atoms with Crippen molar-refractivity contribution in [2.24, 2.45) is 0 Å². The van der Waals surface area contributed by atoms with Crippen LogP contribution in [0, 0.1) is 6.92 Å². The topological polar surface area (TPSA) is 46.1 Å². The molecule has 2 heterocycles. The lowest BCUT2D eigenvalue weighted by Gasteiger charge is -2.30. The number of benzene rings is 2. The van der Waals surface area contributed by atoms with Crippen LogP contribution in [0.2, 0.25) is 0 Å².